The molecule has 126 valence electrons. The van der Waals surface area contributed by atoms with Gasteiger partial charge in [0.1, 0.15) is 11.6 Å². The highest BCUT2D eigenvalue weighted by molar-refractivity contribution is 5.92. The molecule has 0 amide bonds. The van der Waals surface area contributed by atoms with Crippen LogP contribution >= 0.6 is 0 Å². The van der Waals surface area contributed by atoms with Crippen molar-refractivity contribution in [3.63, 3.8) is 0 Å². The molecule has 2 heterocycles. The monoisotopic (exact) mass is 327 g/mol. The van der Waals surface area contributed by atoms with Gasteiger partial charge in [-0.2, -0.15) is 4.68 Å². The van der Waals surface area contributed by atoms with Gasteiger partial charge in [-0.3, -0.25) is 0 Å². The minimum absolute atomic E-state index is 0.375. The third-order valence-corrected chi connectivity index (χ3v) is 3.69. The Morgan fingerprint density at radius 2 is 2.04 bits per heavy atom. The molecule has 0 unspecified atom stereocenters. The molecular weight excluding hydrogens is 306 g/mol. The van der Waals surface area contributed by atoms with Crippen LogP contribution in [-0.4, -0.2) is 31.8 Å². The first-order valence-corrected chi connectivity index (χ1v) is 7.82. The molecule has 7 nitrogen and oxygen atoms in total. The van der Waals surface area contributed by atoms with E-state index in [9.17, 15) is 4.79 Å². The lowest BCUT2D eigenvalue weighted by atomic mass is 9.94. The highest BCUT2D eigenvalue weighted by Gasteiger charge is 2.36. The summed E-state index contributed by atoms with van der Waals surface area (Å²) in [5.74, 6) is 0.131. The first kappa shape index (κ1) is 16.2. The first-order chi connectivity index (χ1) is 11.3. The number of benzene rings is 1. The van der Waals surface area contributed by atoms with E-state index in [0.29, 0.717) is 17.2 Å². The molecule has 1 atom stereocenters. The van der Waals surface area contributed by atoms with E-state index in [-0.39, 0.29) is 5.97 Å². The second kappa shape index (κ2) is 5.74. The summed E-state index contributed by atoms with van der Waals surface area (Å²) >= 11 is 0. The number of nitrogens with one attached hydrogen (secondary N) is 1. The largest absolute Gasteiger partial charge is 0.456 e. The first-order valence-electron chi connectivity index (χ1n) is 7.82. The number of carbonyl (C=O) groups excluding carboxylic acids is 1. The number of esters is 1. The van der Waals surface area contributed by atoms with Crippen molar-refractivity contribution < 1.29 is 9.53 Å². The van der Waals surface area contributed by atoms with E-state index in [0.717, 1.165) is 11.1 Å². The van der Waals surface area contributed by atoms with E-state index in [2.05, 4.69) is 20.8 Å². The Labute approximate surface area is 140 Å². The van der Waals surface area contributed by atoms with Crippen molar-refractivity contribution in [2.45, 2.75) is 46.3 Å². The summed E-state index contributed by atoms with van der Waals surface area (Å²) in [7, 11) is 0. The van der Waals surface area contributed by atoms with Crippen LogP contribution in [0.4, 0.5) is 5.95 Å². The number of hydrogen-bond acceptors (Lipinski definition) is 6. The Balaban J connectivity index is 2.12. The normalized spacial score (nSPS) is 17.3. The fourth-order valence-corrected chi connectivity index (χ4v) is 2.76. The van der Waals surface area contributed by atoms with Gasteiger partial charge in [-0.05, 0) is 50.6 Å². The Hall–Kier alpha value is -2.70. The zero-order valence-corrected chi connectivity index (χ0v) is 14.5. The van der Waals surface area contributed by atoms with Crippen molar-refractivity contribution in [1.82, 2.24) is 20.2 Å². The number of ether oxygens (including phenoxy) is 1. The summed E-state index contributed by atoms with van der Waals surface area (Å²) in [5.41, 5.74) is 2.66. The molecule has 0 fully saturated rings. The highest BCUT2D eigenvalue weighted by Crippen LogP contribution is 2.35. The number of aromatic nitrogens is 4. The van der Waals surface area contributed by atoms with E-state index in [4.69, 9.17) is 4.74 Å². The summed E-state index contributed by atoms with van der Waals surface area (Å²) in [6.07, 6.45) is 0. The van der Waals surface area contributed by atoms with E-state index in [1.807, 2.05) is 58.9 Å². The average molecular weight is 327 g/mol. The molecule has 0 saturated heterocycles. The Bertz CT molecular complexity index is 816. The molecule has 1 aromatic carbocycles. The zero-order valence-electron chi connectivity index (χ0n) is 14.5. The lowest BCUT2D eigenvalue weighted by Gasteiger charge is -2.29. The Morgan fingerprint density at radius 1 is 1.29 bits per heavy atom. The molecule has 7 heteroatoms. The SMILES string of the molecule is CC1=C(C(=O)OC(C)(C)C)[C@@H](c2cccc(C)c2)n2nnnc2N1. The molecule has 0 aliphatic carbocycles. The number of carbonyl (C=O) groups is 1. The van der Waals surface area contributed by atoms with Crippen LogP contribution in [0.1, 0.15) is 44.9 Å². The summed E-state index contributed by atoms with van der Waals surface area (Å²) in [5, 5.41) is 14.8. The van der Waals surface area contributed by atoms with Crippen molar-refractivity contribution >= 4 is 11.9 Å². The second-order valence-electron chi connectivity index (χ2n) is 6.93. The minimum atomic E-state index is -0.581. The quantitative estimate of drug-likeness (QED) is 0.854. The van der Waals surface area contributed by atoms with Crippen LogP contribution in [0.25, 0.3) is 0 Å². The van der Waals surface area contributed by atoms with E-state index >= 15 is 0 Å². The second-order valence-corrected chi connectivity index (χ2v) is 6.93. The van der Waals surface area contributed by atoms with Crippen molar-refractivity contribution in [1.29, 1.82) is 0 Å². The topological polar surface area (TPSA) is 81.9 Å². The van der Waals surface area contributed by atoms with Crippen molar-refractivity contribution in [2.75, 3.05) is 5.32 Å². The van der Waals surface area contributed by atoms with Gasteiger partial charge in [-0.1, -0.05) is 34.9 Å². The lowest BCUT2D eigenvalue weighted by Crippen LogP contribution is -2.33. The van der Waals surface area contributed by atoms with Gasteiger partial charge < -0.3 is 10.1 Å². The Morgan fingerprint density at radius 3 is 2.71 bits per heavy atom. The number of rotatable bonds is 2. The number of allylic oxidation sites excluding steroid dienone is 1. The van der Waals surface area contributed by atoms with Gasteiger partial charge in [0.2, 0.25) is 5.95 Å². The van der Waals surface area contributed by atoms with Gasteiger partial charge in [-0.15, -0.1) is 0 Å². The van der Waals surface area contributed by atoms with Crippen LogP contribution in [0.3, 0.4) is 0 Å². The van der Waals surface area contributed by atoms with E-state index < -0.39 is 11.6 Å². The number of nitrogens with zero attached hydrogens (tertiary/aromatic N) is 4. The van der Waals surface area contributed by atoms with E-state index in [1.54, 1.807) is 4.68 Å². The molecule has 2 aromatic rings. The fourth-order valence-electron chi connectivity index (χ4n) is 2.76. The summed E-state index contributed by atoms with van der Waals surface area (Å²) in [6.45, 7) is 9.39. The molecular formula is C17H21N5O2. The standard InChI is InChI=1S/C17H21N5O2/c1-10-7-6-8-12(9-10)14-13(15(23)24-17(3,4)5)11(2)18-16-19-20-21-22(14)16/h6-9,14H,1-5H3,(H,18,19,21)/t14-/m1/s1. The average Bonchev–Trinajstić information content (AvgIpc) is 2.91. The molecule has 0 radical (unpaired) electrons. The van der Waals surface area contributed by atoms with Gasteiger partial charge in [0.25, 0.3) is 0 Å². The van der Waals surface area contributed by atoms with Crippen molar-refractivity contribution in [2.24, 2.45) is 0 Å². The third kappa shape index (κ3) is 3.02. The van der Waals surface area contributed by atoms with Crippen LogP contribution < -0.4 is 5.32 Å². The van der Waals surface area contributed by atoms with Gasteiger partial charge in [0.15, 0.2) is 0 Å². The van der Waals surface area contributed by atoms with Crippen LogP contribution in [0.15, 0.2) is 35.5 Å². The highest BCUT2D eigenvalue weighted by atomic mass is 16.6. The molecule has 24 heavy (non-hydrogen) atoms. The van der Waals surface area contributed by atoms with Crippen molar-refractivity contribution in [3.8, 4) is 0 Å². The number of fused-ring (bicyclic) bond motifs is 1. The van der Waals surface area contributed by atoms with Gasteiger partial charge in [0.05, 0.1) is 5.57 Å². The zero-order chi connectivity index (χ0) is 17.5. The van der Waals surface area contributed by atoms with Crippen LogP contribution in [-0.2, 0) is 9.53 Å². The number of anilines is 1. The maximum atomic E-state index is 12.8. The van der Waals surface area contributed by atoms with Crippen LogP contribution in [0.5, 0.6) is 0 Å². The van der Waals surface area contributed by atoms with E-state index in [1.165, 1.54) is 0 Å². The molecule has 0 bridgehead atoms. The maximum Gasteiger partial charge on any atom is 0.338 e. The molecule has 1 aromatic heterocycles. The predicted molar refractivity (Wildman–Crippen MR) is 89.3 cm³/mol. The lowest BCUT2D eigenvalue weighted by molar-refractivity contribution is -0.150. The smallest absolute Gasteiger partial charge is 0.338 e. The number of tetrazole rings is 1. The molecule has 0 spiro atoms. The summed E-state index contributed by atoms with van der Waals surface area (Å²) in [4.78, 5) is 12.8. The molecule has 0 saturated carbocycles. The van der Waals surface area contributed by atoms with Gasteiger partial charge in [-0.25, -0.2) is 4.79 Å². The molecule has 1 aliphatic rings. The molecule has 3 rings (SSSR count). The number of hydrogen-bond donors (Lipinski definition) is 1. The number of aryl methyl sites for hydroxylation is 1. The van der Waals surface area contributed by atoms with Crippen molar-refractivity contribution in [3.05, 3.63) is 46.7 Å². The predicted octanol–water partition coefficient (Wildman–Crippen LogP) is 2.61. The molecule has 1 aliphatic heterocycles. The van der Waals surface area contributed by atoms with Gasteiger partial charge in [0, 0.05) is 5.70 Å². The maximum absolute atomic E-state index is 12.8. The molecule has 1 N–H and O–H groups in total. The van der Waals surface area contributed by atoms with Crippen LogP contribution in [0.2, 0.25) is 0 Å². The minimum Gasteiger partial charge on any atom is -0.456 e. The Kier molecular flexibility index (Phi) is 3.87. The summed E-state index contributed by atoms with van der Waals surface area (Å²) < 4.78 is 7.21. The third-order valence-electron chi connectivity index (χ3n) is 3.69. The van der Waals surface area contributed by atoms with Gasteiger partial charge >= 0.3 is 5.97 Å². The van der Waals surface area contributed by atoms with Crippen LogP contribution in [0, 0.1) is 6.92 Å². The fraction of sp³-hybridized carbons (Fsp3) is 0.412. The summed E-state index contributed by atoms with van der Waals surface area (Å²) in [6, 6.07) is 7.53.